The van der Waals surface area contributed by atoms with Crippen molar-refractivity contribution in [2.45, 2.75) is 45.6 Å². The number of hydrogen-bond acceptors (Lipinski definition) is 2. The summed E-state index contributed by atoms with van der Waals surface area (Å²) >= 11 is 0. The highest BCUT2D eigenvalue weighted by Crippen LogP contribution is 2.15. The Hall–Kier alpha value is -1.22. The predicted octanol–water partition coefficient (Wildman–Crippen LogP) is 3.09. The molecular weight excluding hydrogens is 229 g/mol. The van der Waals surface area contributed by atoms with Crippen LogP contribution in [-0.4, -0.2) is 11.8 Å². The van der Waals surface area contributed by atoms with E-state index >= 15 is 0 Å². The van der Waals surface area contributed by atoms with E-state index in [9.17, 15) is 9.18 Å². The van der Waals surface area contributed by atoms with Crippen LogP contribution in [0.25, 0.3) is 0 Å². The standard InChI is InChI=1S/C15H22FNO/c1-11(10-15(17)12(2)18)4-3-5-13-6-8-14(16)9-7-13/h6-9,11,15H,3-5,10,17H2,1-2H3/t11-,15+/m1/s1. The van der Waals surface area contributed by atoms with Gasteiger partial charge in [-0.1, -0.05) is 25.5 Å². The lowest BCUT2D eigenvalue weighted by molar-refractivity contribution is -0.118. The largest absolute Gasteiger partial charge is 0.322 e. The van der Waals surface area contributed by atoms with E-state index in [1.165, 1.54) is 19.1 Å². The van der Waals surface area contributed by atoms with Gasteiger partial charge in [0.2, 0.25) is 0 Å². The first kappa shape index (κ1) is 14.8. The minimum Gasteiger partial charge on any atom is -0.322 e. The van der Waals surface area contributed by atoms with Gasteiger partial charge in [-0.2, -0.15) is 0 Å². The topological polar surface area (TPSA) is 43.1 Å². The molecular formula is C15H22FNO. The first-order valence-electron chi connectivity index (χ1n) is 6.49. The summed E-state index contributed by atoms with van der Waals surface area (Å²) in [5.74, 6) is 0.310. The number of halogens is 1. The molecule has 1 aromatic rings. The van der Waals surface area contributed by atoms with Crippen molar-refractivity contribution in [1.29, 1.82) is 0 Å². The smallest absolute Gasteiger partial charge is 0.146 e. The average molecular weight is 251 g/mol. The maximum atomic E-state index is 12.7. The quantitative estimate of drug-likeness (QED) is 0.809. The summed E-state index contributed by atoms with van der Waals surface area (Å²) in [6.45, 7) is 3.66. The molecule has 1 rings (SSSR count). The summed E-state index contributed by atoms with van der Waals surface area (Å²) in [7, 11) is 0. The maximum Gasteiger partial charge on any atom is 0.146 e. The van der Waals surface area contributed by atoms with Gasteiger partial charge in [0.15, 0.2) is 0 Å². The van der Waals surface area contributed by atoms with Crippen molar-refractivity contribution in [3.05, 3.63) is 35.6 Å². The Morgan fingerprint density at radius 1 is 1.33 bits per heavy atom. The van der Waals surface area contributed by atoms with Gasteiger partial charge in [0.25, 0.3) is 0 Å². The van der Waals surface area contributed by atoms with Crippen LogP contribution in [-0.2, 0) is 11.2 Å². The van der Waals surface area contributed by atoms with Crippen molar-refractivity contribution in [3.8, 4) is 0 Å². The Balaban J connectivity index is 2.25. The molecule has 2 atom stereocenters. The normalized spacial score (nSPS) is 14.2. The second kappa shape index (κ2) is 7.27. The summed E-state index contributed by atoms with van der Waals surface area (Å²) in [5.41, 5.74) is 6.88. The second-order valence-corrected chi connectivity index (χ2v) is 5.08. The van der Waals surface area contributed by atoms with E-state index in [4.69, 9.17) is 5.73 Å². The zero-order valence-electron chi connectivity index (χ0n) is 11.2. The Bertz CT molecular complexity index is 375. The minimum absolute atomic E-state index is 0.0559. The molecule has 0 saturated heterocycles. The lowest BCUT2D eigenvalue weighted by Gasteiger charge is -2.14. The molecule has 0 unspecified atom stereocenters. The Morgan fingerprint density at radius 2 is 1.94 bits per heavy atom. The molecule has 0 aliphatic heterocycles. The first-order chi connectivity index (χ1) is 8.49. The van der Waals surface area contributed by atoms with Gasteiger partial charge in [0.1, 0.15) is 11.6 Å². The SMILES string of the molecule is CC(=O)[C@@H](N)C[C@H](C)CCCc1ccc(F)cc1. The summed E-state index contributed by atoms with van der Waals surface area (Å²) in [6.07, 6.45) is 3.77. The van der Waals surface area contributed by atoms with Crippen molar-refractivity contribution in [2.24, 2.45) is 11.7 Å². The van der Waals surface area contributed by atoms with Crippen LogP contribution in [0.15, 0.2) is 24.3 Å². The second-order valence-electron chi connectivity index (χ2n) is 5.08. The Labute approximate surface area is 108 Å². The van der Waals surface area contributed by atoms with E-state index in [0.717, 1.165) is 31.2 Å². The molecule has 0 aliphatic carbocycles. The number of Topliss-reactive ketones (excluding diaryl/α,β-unsaturated/α-hetero) is 1. The Morgan fingerprint density at radius 3 is 2.50 bits per heavy atom. The van der Waals surface area contributed by atoms with Crippen LogP contribution in [0.5, 0.6) is 0 Å². The molecule has 2 N–H and O–H groups in total. The highest BCUT2D eigenvalue weighted by atomic mass is 19.1. The summed E-state index contributed by atoms with van der Waals surface area (Å²) in [4.78, 5) is 11.0. The molecule has 3 heteroatoms. The molecule has 0 saturated carbocycles. The maximum absolute atomic E-state index is 12.7. The number of rotatable bonds is 7. The van der Waals surface area contributed by atoms with Crippen molar-refractivity contribution < 1.29 is 9.18 Å². The Kier molecular flexibility index (Phi) is 5.99. The number of carbonyl (C=O) groups excluding carboxylic acids is 1. The van der Waals surface area contributed by atoms with Crippen molar-refractivity contribution >= 4 is 5.78 Å². The van der Waals surface area contributed by atoms with E-state index in [1.807, 2.05) is 12.1 Å². The third-order valence-electron chi connectivity index (χ3n) is 3.25. The van der Waals surface area contributed by atoms with Crippen molar-refractivity contribution in [3.63, 3.8) is 0 Å². The summed E-state index contributed by atoms with van der Waals surface area (Å²) in [6, 6.07) is 6.29. The van der Waals surface area contributed by atoms with Crippen LogP contribution >= 0.6 is 0 Å². The first-order valence-corrected chi connectivity index (χ1v) is 6.49. The molecule has 0 bridgehead atoms. The zero-order chi connectivity index (χ0) is 13.5. The van der Waals surface area contributed by atoms with Gasteiger partial charge in [-0.15, -0.1) is 0 Å². The third-order valence-corrected chi connectivity index (χ3v) is 3.25. The van der Waals surface area contributed by atoms with Crippen molar-refractivity contribution in [1.82, 2.24) is 0 Å². The van der Waals surface area contributed by atoms with Crippen LogP contribution in [0.2, 0.25) is 0 Å². The minimum atomic E-state index is -0.328. The van der Waals surface area contributed by atoms with E-state index in [0.29, 0.717) is 5.92 Å². The molecule has 0 amide bonds. The monoisotopic (exact) mass is 251 g/mol. The molecule has 0 fully saturated rings. The molecule has 0 radical (unpaired) electrons. The van der Waals surface area contributed by atoms with Crippen LogP contribution in [0, 0.1) is 11.7 Å². The third kappa shape index (κ3) is 5.41. The fourth-order valence-corrected chi connectivity index (χ4v) is 2.02. The van der Waals surface area contributed by atoms with Gasteiger partial charge in [-0.3, -0.25) is 4.79 Å². The lowest BCUT2D eigenvalue weighted by atomic mass is 9.94. The zero-order valence-corrected chi connectivity index (χ0v) is 11.2. The highest BCUT2D eigenvalue weighted by Gasteiger charge is 2.12. The van der Waals surface area contributed by atoms with Crippen molar-refractivity contribution in [2.75, 3.05) is 0 Å². The van der Waals surface area contributed by atoms with Crippen LogP contribution < -0.4 is 5.73 Å². The van der Waals surface area contributed by atoms with Gasteiger partial charge in [0, 0.05) is 0 Å². The van der Waals surface area contributed by atoms with E-state index < -0.39 is 0 Å². The van der Waals surface area contributed by atoms with Gasteiger partial charge < -0.3 is 5.73 Å². The molecule has 0 heterocycles. The molecule has 0 aliphatic rings. The number of hydrogen-bond donors (Lipinski definition) is 1. The average Bonchev–Trinajstić information content (AvgIpc) is 2.31. The van der Waals surface area contributed by atoms with E-state index in [-0.39, 0.29) is 17.6 Å². The molecule has 2 nitrogen and oxygen atoms in total. The van der Waals surface area contributed by atoms with Gasteiger partial charge >= 0.3 is 0 Å². The number of nitrogens with two attached hydrogens (primary N) is 1. The number of carbonyl (C=O) groups is 1. The van der Waals surface area contributed by atoms with E-state index in [2.05, 4.69) is 6.92 Å². The molecule has 1 aromatic carbocycles. The highest BCUT2D eigenvalue weighted by molar-refractivity contribution is 5.81. The summed E-state index contributed by atoms with van der Waals surface area (Å²) in [5, 5.41) is 0. The van der Waals surface area contributed by atoms with Crippen LogP contribution in [0.4, 0.5) is 4.39 Å². The number of aryl methyl sites for hydroxylation is 1. The van der Waals surface area contributed by atoms with E-state index in [1.54, 1.807) is 0 Å². The summed E-state index contributed by atoms with van der Waals surface area (Å²) < 4.78 is 12.7. The molecule has 0 aromatic heterocycles. The predicted molar refractivity (Wildman–Crippen MR) is 71.8 cm³/mol. The van der Waals surface area contributed by atoms with Gasteiger partial charge in [-0.25, -0.2) is 4.39 Å². The van der Waals surface area contributed by atoms with Crippen LogP contribution in [0.1, 0.15) is 38.7 Å². The fraction of sp³-hybridized carbons (Fsp3) is 0.533. The molecule has 100 valence electrons. The lowest BCUT2D eigenvalue weighted by Crippen LogP contribution is -2.30. The molecule has 0 spiro atoms. The van der Waals surface area contributed by atoms with Crippen LogP contribution in [0.3, 0.4) is 0 Å². The van der Waals surface area contributed by atoms with Gasteiger partial charge in [-0.05, 0) is 49.8 Å². The molecule has 18 heavy (non-hydrogen) atoms. The fourth-order valence-electron chi connectivity index (χ4n) is 2.02. The number of ketones is 1. The number of benzene rings is 1. The van der Waals surface area contributed by atoms with Gasteiger partial charge in [0.05, 0.1) is 6.04 Å².